The van der Waals surface area contributed by atoms with Gasteiger partial charge in [-0.3, -0.25) is 0 Å². The number of aliphatic hydroxyl groups is 1. The van der Waals surface area contributed by atoms with Crippen molar-refractivity contribution in [3.05, 3.63) is 23.8 Å². The van der Waals surface area contributed by atoms with Gasteiger partial charge in [0, 0.05) is 0 Å². The molecule has 0 radical (unpaired) electrons. The van der Waals surface area contributed by atoms with Crippen molar-refractivity contribution in [3.63, 3.8) is 0 Å². The van der Waals surface area contributed by atoms with Crippen LogP contribution in [0.3, 0.4) is 0 Å². The Morgan fingerprint density at radius 2 is 2.00 bits per heavy atom. The van der Waals surface area contributed by atoms with Crippen LogP contribution >= 0.6 is 0 Å². The van der Waals surface area contributed by atoms with Gasteiger partial charge in [-0.1, -0.05) is 13.8 Å². The molecule has 1 saturated carbocycles. The molecule has 1 aliphatic carbocycles. The summed E-state index contributed by atoms with van der Waals surface area (Å²) in [5.74, 6) is 0.641. The Bertz CT molecular complexity index is 426. The summed E-state index contributed by atoms with van der Waals surface area (Å²) in [6.07, 6.45) is 2.23. The average molecular weight is 282 g/mol. The molecule has 0 atom stereocenters. The first-order valence-electron chi connectivity index (χ1n) is 6.87. The van der Waals surface area contributed by atoms with Crippen molar-refractivity contribution in [3.8, 4) is 11.5 Å². The van der Waals surface area contributed by atoms with E-state index in [1.807, 2.05) is 13.8 Å². The zero-order valence-electron chi connectivity index (χ0n) is 12.2. The summed E-state index contributed by atoms with van der Waals surface area (Å²) in [6, 6.07) is 4.87. The normalized spacial score (nSPS) is 13.0. The van der Waals surface area contributed by atoms with Gasteiger partial charge < -0.3 is 19.3 Å². The lowest BCUT2D eigenvalue weighted by Crippen LogP contribution is -2.07. The number of ether oxygens (including phenoxy) is 3. The fourth-order valence-corrected chi connectivity index (χ4v) is 1.49. The maximum atomic E-state index is 11.4. The number of rotatable bonds is 6. The lowest BCUT2D eigenvalue weighted by Gasteiger charge is -2.12. The highest BCUT2D eigenvalue weighted by molar-refractivity contribution is 5.90. The molecule has 0 aromatic heterocycles. The van der Waals surface area contributed by atoms with Crippen molar-refractivity contribution in [2.24, 2.45) is 0 Å². The van der Waals surface area contributed by atoms with Crippen LogP contribution in [0.2, 0.25) is 0 Å². The number of hydrogen-bond donors (Lipinski definition) is 1. The van der Waals surface area contributed by atoms with Crippen molar-refractivity contribution < 1.29 is 24.1 Å². The molecule has 1 fully saturated rings. The van der Waals surface area contributed by atoms with E-state index < -0.39 is 5.97 Å². The zero-order valence-corrected chi connectivity index (χ0v) is 12.2. The van der Waals surface area contributed by atoms with E-state index in [2.05, 4.69) is 4.74 Å². The minimum atomic E-state index is -0.413. The van der Waals surface area contributed by atoms with Crippen LogP contribution in [0.15, 0.2) is 18.2 Å². The Balaban J connectivity index is 0.000000956. The summed E-state index contributed by atoms with van der Waals surface area (Å²) in [4.78, 5) is 11.4. The first-order valence-corrected chi connectivity index (χ1v) is 6.87. The predicted molar refractivity (Wildman–Crippen MR) is 75.4 cm³/mol. The van der Waals surface area contributed by atoms with Gasteiger partial charge in [-0.15, -0.1) is 0 Å². The van der Waals surface area contributed by atoms with Crippen LogP contribution in [0, 0.1) is 0 Å². The van der Waals surface area contributed by atoms with Crippen molar-refractivity contribution in [1.29, 1.82) is 0 Å². The third-order valence-electron chi connectivity index (χ3n) is 2.53. The summed E-state index contributed by atoms with van der Waals surface area (Å²) in [5.41, 5.74) is 0.421. The largest absolute Gasteiger partial charge is 0.487 e. The molecule has 1 N–H and O–H groups in total. The summed E-state index contributed by atoms with van der Waals surface area (Å²) in [7, 11) is 1.33. The second kappa shape index (κ2) is 8.43. The third kappa shape index (κ3) is 4.74. The van der Waals surface area contributed by atoms with E-state index in [0.717, 1.165) is 12.8 Å². The molecule has 1 aromatic carbocycles. The minimum absolute atomic E-state index is 0.0678. The molecule has 0 amide bonds. The fraction of sp³-hybridized carbons (Fsp3) is 0.533. The first-order chi connectivity index (χ1) is 9.74. The Kier molecular flexibility index (Phi) is 6.87. The van der Waals surface area contributed by atoms with Crippen molar-refractivity contribution in [2.75, 3.05) is 20.3 Å². The molecule has 0 aliphatic heterocycles. The highest BCUT2D eigenvalue weighted by Crippen LogP contribution is 2.34. The summed E-state index contributed by atoms with van der Waals surface area (Å²) >= 11 is 0. The minimum Gasteiger partial charge on any atom is -0.487 e. The molecule has 112 valence electrons. The fourth-order valence-electron chi connectivity index (χ4n) is 1.49. The van der Waals surface area contributed by atoms with Crippen LogP contribution in [0.25, 0.3) is 0 Å². The Labute approximate surface area is 119 Å². The molecule has 0 unspecified atom stereocenters. The molecule has 20 heavy (non-hydrogen) atoms. The number of carbonyl (C=O) groups is 1. The first kappa shape index (κ1) is 16.3. The van der Waals surface area contributed by atoms with E-state index in [1.54, 1.807) is 18.2 Å². The number of carbonyl (C=O) groups excluding carboxylic acids is 1. The van der Waals surface area contributed by atoms with Gasteiger partial charge in [0.2, 0.25) is 0 Å². The highest BCUT2D eigenvalue weighted by atomic mass is 16.5. The van der Waals surface area contributed by atoms with Gasteiger partial charge in [0.1, 0.15) is 6.61 Å². The molecule has 1 aromatic rings. The number of esters is 1. The van der Waals surface area contributed by atoms with Crippen molar-refractivity contribution >= 4 is 5.97 Å². The van der Waals surface area contributed by atoms with Crippen LogP contribution in [0.5, 0.6) is 11.5 Å². The van der Waals surface area contributed by atoms with Crippen molar-refractivity contribution in [2.45, 2.75) is 32.8 Å². The van der Waals surface area contributed by atoms with E-state index in [1.165, 1.54) is 7.11 Å². The van der Waals surface area contributed by atoms with Gasteiger partial charge in [-0.2, -0.15) is 0 Å². The Hall–Kier alpha value is -1.75. The Morgan fingerprint density at radius 3 is 2.55 bits per heavy atom. The number of hydrogen-bond acceptors (Lipinski definition) is 5. The smallest absolute Gasteiger partial charge is 0.337 e. The van der Waals surface area contributed by atoms with Crippen molar-refractivity contribution in [1.82, 2.24) is 0 Å². The number of methoxy groups -OCH3 is 1. The van der Waals surface area contributed by atoms with Gasteiger partial charge in [0.15, 0.2) is 11.5 Å². The van der Waals surface area contributed by atoms with E-state index in [-0.39, 0.29) is 19.3 Å². The van der Waals surface area contributed by atoms with Gasteiger partial charge >= 0.3 is 5.97 Å². The Morgan fingerprint density at radius 1 is 1.30 bits per heavy atom. The standard InChI is InChI=1S/C13H16O5.C2H6/c1-16-13(15)9-2-5-11(17-7-6-14)12(8-9)18-10-3-4-10;1-2/h2,5,8,10,14H,3-4,6-7H2,1H3;1-2H3. The molecule has 0 bridgehead atoms. The predicted octanol–water partition coefficient (Wildman–Crippen LogP) is 2.41. The second-order valence-electron chi connectivity index (χ2n) is 4.04. The molecule has 5 heteroatoms. The lowest BCUT2D eigenvalue weighted by molar-refractivity contribution is 0.0600. The quantitative estimate of drug-likeness (QED) is 0.812. The van der Waals surface area contributed by atoms with E-state index in [4.69, 9.17) is 14.6 Å². The molecule has 0 heterocycles. The van der Waals surface area contributed by atoms with Gasteiger partial charge in [0.25, 0.3) is 0 Å². The van der Waals surface area contributed by atoms with E-state index >= 15 is 0 Å². The number of benzene rings is 1. The van der Waals surface area contributed by atoms with E-state index in [9.17, 15) is 4.79 Å². The highest BCUT2D eigenvalue weighted by Gasteiger charge is 2.25. The number of aliphatic hydroxyl groups excluding tert-OH is 1. The van der Waals surface area contributed by atoms with E-state index in [0.29, 0.717) is 17.1 Å². The molecule has 0 saturated heterocycles. The zero-order chi connectivity index (χ0) is 15.0. The molecular formula is C15H22O5. The van der Waals surface area contributed by atoms with Crippen LogP contribution in [0.4, 0.5) is 0 Å². The molecule has 0 spiro atoms. The summed E-state index contributed by atoms with van der Waals surface area (Å²) in [5, 5.41) is 8.75. The maximum Gasteiger partial charge on any atom is 0.337 e. The second-order valence-corrected chi connectivity index (χ2v) is 4.04. The average Bonchev–Trinajstić information content (AvgIpc) is 3.31. The van der Waals surface area contributed by atoms with Gasteiger partial charge in [-0.05, 0) is 31.0 Å². The summed E-state index contributed by atoms with van der Waals surface area (Å²) in [6.45, 7) is 4.13. The van der Waals surface area contributed by atoms with Crippen LogP contribution in [-0.2, 0) is 4.74 Å². The topological polar surface area (TPSA) is 65.0 Å². The molecule has 2 rings (SSSR count). The lowest BCUT2D eigenvalue weighted by atomic mass is 10.2. The molecule has 5 nitrogen and oxygen atoms in total. The van der Waals surface area contributed by atoms with Crippen LogP contribution < -0.4 is 9.47 Å². The maximum absolute atomic E-state index is 11.4. The third-order valence-corrected chi connectivity index (χ3v) is 2.53. The van der Waals surface area contributed by atoms with Crippen LogP contribution in [-0.4, -0.2) is 37.5 Å². The van der Waals surface area contributed by atoms with Gasteiger partial charge in [0.05, 0.1) is 25.4 Å². The van der Waals surface area contributed by atoms with Gasteiger partial charge in [-0.25, -0.2) is 4.79 Å². The van der Waals surface area contributed by atoms with Crippen LogP contribution in [0.1, 0.15) is 37.0 Å². The SMILES string of the molecule is CC.COC(=O)c1ccc(OCCO)c(OC2CC2)c1. The molecular weight excluding hydrogens is 260 g/mol. The molecule has 1 aliphatic rings. The summed E-state index contributed by atoms with van der Waals surface area (Å²) < 4.78 is 15.7. The monoisotopic (exact) mass is 282 g/mol.